The van der Waals surface area contributed by atoms with Crippen molar-refractivity contribution in [3.63, 3.8) is 0 Å². The summed E-state index contributed by atoms with van der Waals surface area (Å²) in [5.74, 6) is 1.50. The highest BCUT2D eigenvalue weighted by atomic mass is 16.5. The van der Waals surface area contributed by atoms with Crippen LogP contribution in [0.15, 0.2) is 48.5 Å². The van der Waals surface area contributed by atoms with Crippen LogP contribution in [0.4, 0.5) is 5.69 Å². The Morgan fingerprint density at radius 1 is 1.09 bits per heavy atom. The fraction of sp³-hybridized carbons (Fsp3) is 0.316. The van der Waals surface area contributed by atoms with E-state index in [0.717, 1.165) is 35.9 Å². The third-order valence-corrected chi connectivity index (χ3v) is 3.98. The first-order chi connectivity index (χ1) is 11.2. The van der Waals surface area contributed by atoms with E-state index in [2.05, 4.69) is 5.32 Å². The number of nitrogens with two attached hydrogens (primary N) is 1. The van der Waals surface area contributed by atoms with Gasteiger partial charge < -0.3 is 15.8 Å². The number of carbonyl (C=O) groups excluding carboxylic acids is 1. The molecule has 1 amide bonds. The Bertz CT molecular complexity index is 646. The van der Waals surface area contributed by atoms with E-state index in [1.54, 1.807) is 12.1 Å². The first-order valence-corrected chi connectivity index (χ1v) is 8.06. The molecular weight excluding hydrogens is 288 g/mol. The Morgan fingerprint density at radius 3 is 2.43 bits per heavy atom. The van der Waals surface area contributed by atoms with Crippen molar-refractivity contribution in [3.05, 3.63) is 59.7 Å². The molecule has 0 bridgehead atoms. The van der Waals surface area contributed by atoms with Gasteiger partial charge in [-0.1, -0.05) is 12.1 Å². The molecule has 0 heterocycles. The molecule has 2 aromatic rings. The minimum absolute atomic E-state index is 0.0609. The van der Waals surface area contributed by atoms with Gasteiger partial charge in [0.15, 0.2) is 0 Å². The number of anilines is 1. The van der Waals surface area contributed by atoms with Crippen molar-refractivity contribution in [2.75, 3.05) is 18.9 Å². The van der Waals surface area contributed by atoms with Crippen LogP contribution in [0.2, 0.25) is 0 Å². The fourth-order valence-corrected chi connectivity index (χ4v) is 2.31. The van der Waals surface area contributed by atoms with Crippen LogP contribution in [-0.2, 0) is 6.42 Å². The van der Waals surface area contributed by atoms with Crippen LogP contribution in [0.1, 0.15) is 28.8 Å². The second kappa shape index (κ2) is 7.18. The van der Waals surface area contributed by atoms with E-state index in [0.29, 0.717) is 12.1 Å². The number of hydrogen-bond acceptors (Lipinski definition) is 3. The largest absolute Gasteiger partial charge is 0.493 e. The smallest absolute Gasteiger partial charge is 0.251 e. The van der Waals surface area contributed by atoms with Gasteiger partial charge >= 0.3 is 0 Å². The first-order valence-electron chi connectivity index (χ1n) is 8.06. The van der Waals surface area contributed by atoms with E-state index >= 15 is 0 Å². The maximum absolute atomic E-state index is 12.1. The topological polar surface area (TPSA) is 64.3 Å². The van der Waals surface area contributed by atoms with Gasteiger partial charge in [0.2, 0.25) is 0 Å². The van der Waals surface area contributed by atoms with E-state index in [1.165, 1.54) is 12.8 Å². The van der Waals surface area contributed by atoms with E-state index in [4.69, 9.17) is 10.5 Å². The standard InChI is InChI=1S/C19H22N2O2/c20-17-7-3-14(4-8-17)11-12-21-19(22)16-5-9-18(10-6-16)23-13-15-1-2-15/h3-10,15H,1-2,11-13,20H2,(H,21,22). The molecule has 3 N–H and O–H groups in total. The molecule has 0 radical (unpaired) electrons. The quantitative estimate of drug-likeness (QED) is 0.773. The molecule has 1 saturated carbocycles. The third-order valence-electron chi connectivity index (χ3n) is 3.98. The lowest BCUT2D eigenvalue weighted by Gasteiger charge is -2.08. The number of rotatable bonds is 7. The number of amides is 1. The Kier molecular flexibility index (Phi) is 4.81. The number of ether oxygens (including phenoxy) is 1. The van der Waals surface area contributed by atoms with Crippen LogP contribution in [0.5, 0.6) is 5.75 Å². The Labute approximate surface area is 136 Å². The molecule has 1 aliphatic carbocycles. The van der Waals surface area contributed by atoms with E-state index in [9.17, 15) is 4.79 Å². The summed E-state index contributed by atoms with van der Waals surface area (Å²) in [6, 6.07) is 15.0. The van der Waals surface area contributed by atoms with E-state index in [-0.39, 0.29) is 5.91 Å². The summed E-state index contributed by atoms with van der Waals surface area (Å²) in [6.07, 6.45) is 3.33. The molecule has 0 spiro atoms. The van der Waals surface area contributed by atoms with Crippen molar-refractivity contribution in [2.24, 2.45) is 5.92 Å². The van der Waals surface area contributed by atoms with Gasteiger partial charge in [0.1, 0.15) is 5.75 Å². The maximum atomic E-state index is 12.1. The highest BCUT2D eigenvalue weighted by molar-refractivity contribution is 5.94. The summed E-state index contributed by atoms with van der Waals surface area (Å²) in [7, 11) is 0. The monoisotopic (exact) mass is 310 g/mol. The van der Waals surface area contributed by atoms with Gasteiger partial charge in [-0.2, -0.15) is 0 Å². The zero-order valence-electron chi connectivity index (χ0n) is 13.1. The Hall–Kier alpha value is -2.49. The molecular formula is C19H22N2O2. The van der Waals surface area contributed by atoms with Crippen molar-refractivity contribution in [3.8, 4) is 5.75 Å². The summed E-state index contributed by atoms with van der Waals surface area (Å²) in [5.41, 5.74) is 8.21. The molecule has 2 aromatic carbocycles. The van der Waals surface area contributed by atoms with Crippen molar-refractivity contribution in [2.45, 2.75) is 19.3 Å². The zero-order chi connectivity index (χ0) is 16.1. The molecule has 0 saturated heterocycles. The minimum atomic E-state index is -0.0609. The molecule has 0 unspecified atom stereocenters. The Morgan fingerprint density at radius 2 is 1.78 bits per heavy atom. The molecule has 3 rings (SSSR count). The highest BCUT2D eigenvalue weighted by Crippen LogP contribution is 2.29. The van der Waals surface area contributed by atoms with Gasteiger partial charge in [0.25, 0.3) is 5.91 Å². The van der Waals surface area contributed by atoms with Gasteiger partial charge in [0.05, 0.1) is 6.61 Å². The second-order valence-electron chi connectivity index (χ2n) is 6.03. The summed E-state index contributed by atoms with van der Waals surface area (Å²) < 4.78 is 5.67. The van der Waals surface area contributed by atoms with Gasteiger partial charge in [-0.25, -0.2) is 0 Å². The van der Waals surface area contributed by atoms with Crippen molar-refractivity contribution in [1.29, 1.82) is 0 Å². The zero-order valence-corrected chi connectivity index (χ0v) is 13.1. The van der Waals surface area contributed by atoms with Crippen LogP contribution < -0.4 is 15.8 Å². The minimum Gasteiger partial charge on any atom is -0.493 e. The van der Waals surface area contributed by atoms with Crippen LogP contribution in [0.3, 0.4) is 0 Å². The number of benzene rings is 2. The fourth-order valence-electron chi connectivity index (χ4n) is 2.31. The SMILES string of the molecule is Nc1ccc(CCNC(=O)c2ccc(OCC3CC3)cc2)cc1. The number of carbonyl (C=O) groups is 1. The van der Waals surface area contributed by atoms with Gasteiger partial charge in [-0.15, -0.1) is 0 Å². The molecule has 4 nitrogen and oxygen atoms in total. The molecule has 23 heavy (non-hydrogen) atoms. The lowest BCUT2D eigenvalue weighted by Crippen LogP contribution is -2.25. The van der Waals surface area contributed by atoms with Crippen molar-refractivity contribution >= 4 is 11.6 Å². The first kappa shape index (κ1) is 15.4. The van der Waals surface area contributed by atoms with E-state index < -0.39 is 0 Å². The number of hydrogen-bond donors (Lipinski definition) is 2. The van der Waals surface area contributed by atoms with Crippen LogP contribution >= 0.6 is 0 Å². The molecule has 4 heteroatoms. The summed E-state index contributed by atoms with van der Waals surface area (Å²) in [5, 5.41) is 2.93. The lowest BCUT2D eigenvalue weighted by atomic mass is 10.1. The van der Waals surface area contributed by atoms with Crippen LogP contribution in [-0.4, -0.2) is 19.1 Å². The molecule has 0 atom stereocenters. The molecule has 120 valence electrons. The lowest BCUT2D eigenvalue weighted by molar-refractivity contribution is 0.0954. The highest BCUT2D eigenvalue weighted by Gasteiger charge is 2.21. The summed E-state index contributed by atoms with van der Waals surface area (Å²) in [6.45, 7) is 1.38. The van der Waals surface area contributed by atoms with Crippen molar-refractivity contribution in [1.82, 2.24) is 5.32 Å². The Balaban J connectivity index is 1.44. The molecule has 0 aliphatic heterocycles. The average molecular weight is 310 g/mol. The van der Waals surface area contributed by atoms with Crippen LogP contribution in [0, 0.1) is 5.92 Å². The summed E-state index contributed by atoms with van der Waals surface area (Å²) in [4.78, 5) is 12.1. The van der Waals surface area contributed by atoms with E-state index in [1.807, 2.05) is 36.4 Å². The third kappa shape index (κ3) is 4.74. The van der Waals surface area contributed by atoms with Crippen molar-refractivity contribution < 1.29 is 9.53 Å². The predicted molar refractivity (Wildman–Crippen MR) is 91.6 cm³/mol. The van der Waals surface area contributed by atoms with Gasteiger partial charge in [-0.05, 0) is 67.1 Å². The summed E-state index contributed by atoms with van der Waals surface area (Å²) >= 11 is 0. The maximum Gasteiger partial charge on any atom is 0.251 e. The molecule has 1 fully saturated rings. The number of nitrogen functional groups attached to an aromatic ring is 1. The van der Waals surface area contributed by atoms with Gasteiger partial charge in [0, 0.05) is 17.8 Å². The second-order valence-corrected chi connectivity index (χ2v) is 6.03. The molecule has 0 aromatic heterocycles. The molecule has 1 aliphatic rings. The predicted octanol–water partition coefficient (Wildman–Crippen LogP) is 3.03. The average Bonchev–Trinajstić information content (AvgIpc) is 3.39. The van der Waals surface area contributed by atoms with Gasteiger partial charge in [-0.3, -0.25) is 4.79 Å². The normalized spacial score (nSPS) is 13.6. The van der Waals surface area contributed by atoms with Crippen LogP contribution in [0.25, 0.3) is 0 Å². The number of nitrogens with one attached hydrogen (secondary N) is 1.